The van der Waals surface area contributed by atoms with Crippen molar-refractivity contribution >= 4 is 5.97 Å². The molecule has 0 bridgehead atoms. The average Bonchev–Trinajstić information content (AvgIpc) is 2.51. The van der Waals surface area contributed by atoms with Gasteiger partial charge in [-0.1, -0.05) is 24.3 Å². The predicted octanol–water partition coefficient (Wildman–Crippen LogP) is 4.04. The van der Waals surface area contributed by atoms with Crippen molar-refractivity contribution in [3.05, 3.63) is 53.6 Å². The zero-order valence-electron chi connectivity index (χ0n) is 12.8. The van der Waals surface area contributed by atoms with E-state index in [9.17, 15) is 9.90 Å². The fourth-order valence-corrected chi connectivity index (χ4v) is 2.97. The Kier molecular flexibility index (Phi) is 3.32. The van der Waals surface area contributed by atoms with Crippen molar-refractivity contribution in [3.8, 4) is 17.2 Å². The first-order valence-electron chi connectivity index (χ1n) is 7.13. The molecule has 1 N–H and O–H groups in total. The summed E-state index contributed by atoms with van der Waals surface area (Å²) < 4.78 is 11.2. The summed E-state index contributed by atoms with van der Waals surface area (Å²) in [7, 11) is 1.59. The number of rotatable bonds is 3. The molecule has 4 nitrogen and oxygen atoms in total. The summed E-state index contributed by atoms with van der Waals surface area (Å²) in [4.78, 5) is 11.8. The highest BCUT2D eigenvalue weighted by atomic mass is 16.5. The van der Waals surface area contributed by atoms with Crippen LogP contribution in [0.4, 0.5) is 0 Å². The van der Waals surface area contributed by atoms with E-state index in [1.54, 1.807) is 27.0 Å². The largest absolute Gasteiger partial charge is 0.497 e. The van der Waals surface area contributed by atoms with E-state index in [0.717, 1.165) is 11.1 Å². The van der Waals surface area contributed by atoms with E-state index >= 15 is 0 Å². The minimum absolute atomic E-state index is 0.282. The molecule has 1 aliphatic heterocycles. The van der Waals surface area contributed by atoms with E-state index in [-0.39, 0.29) is 5.92 Å². The fourth-order valence-electron chi connectivity index (χ4n) is 2.97. The van der Waals surface area contributed by atoms with Crippen LogP contribution in [0.1, 0.15) is 30.9 Å². The van der Waals surface area contributed by atoms with Crippen LogP contribution in [0, 0.1) is 5.41 Å². The van der Waals surface area contributed by atoms with Gasteiger partial charge in [-0.15, -0.1) is 0 Å². The normalized spacial score (nSPS) is 16.2. The lowest BCUT2D eigenvalue weighted by molar-refractivity contribution is -0.147. The Balaban J connectivity index is 2.23. The first-order chi connectivity index (χ1) is 10.4. The van der Waals surface area contributed by atoms with Gasteiger partial charge in [0.15, 0.2) is 0 Å². The minimum atomic E-state index is -0.955. The van der Waals surface area contributed by atoms with Crippen LogP contribution in [0.5, 0.6) is 17.2 Å². The smallest absolute Gasteiger partial charge is 0.310 e. The topological polar surface area (TPSA) is 55.8 Å². The van der Waals surface area contributed by atoms with Gasteiger partial charge in [0.25, 0.3) is 0 Å². The standard InChI is InChI=1S/C18H18O4/c1-18(2,17(19)20)16-12-6-4-5-7-14(12)22-15-10-11(21-3)8-9-13(15)16/h4-10,16H,1-3H3,(H,19,20)/t16-/m0/s1. The molecule has 0 saturated carbocycles. The molecular formula is C18H18O4. The molecule has 0 saturated heterocycles. The van der Waals surface area contributed by atoms with Gasteiger partial charge in [-0.3, -0.25) is 4.79 Å². The molecule has 1 aliphatic rings. The molecule has 0 unspecified atom stereocenters. The lowest BCUT2D eigenvalue weighted by Gasteiger charge is -2.36. The van der Waals surface area contributed by atoms with Crippen molar-refractivity contribution in [2.75, 3.05) is 7.11 Å². The molecular weight excluding hydrogens is 280 g/mol. The first-order valence-corrected chi connectivity index (χ1v) is 7.13. The summed E-state index contributed by atoms with van der Waals surface area (Å²) in [6.07, 6.45) is 0. The van der Waals surface area contributed by atoms with Gasteiger partial charge in [0.2, 0.25) is 0 Å². The Bertz CT molecular complexity index is 734. The van der Waals surface area contributed by atoms with Gasteiger partial charge in [-0.25, -0.2) is 0 Å². The number of methoxy groups -OCH3 is 1. The van der Waals surface area contributed by atoms with Gasteiger partial charge in [0, 0.05) is 23.1 Å². The molecule has 114 valence electrons. The summed E-state index contributed by atoms with van der Waals surface area (Å²) in [6.45, 7) is 3.49. The Morgan fingerprint density at radius 2 is 1.82 bits per heavy atom. The molecule has 0 spiro atoms. The summed E-state index contributed by atoms with van der Waals surface area (Å²) in [5.41, 5.74) is 0.808. The van der Waals surface area contributed by atoms with Crippen molar-refractivity contribution in [2.45, 2.75) is 19.8 Å². The highest BCUT2D eigenvalue weighted by Crippen LogP contribution is 2.52. The van der Waals surface area contributed by atoms with E-state index in [2.05, 4.69) is 0 Å². The summed E-state index contributed by atoms with van der Waals surface area (Å²) in [5, 5.41) is 9.68. The molecule has 1 heterocycles. The summed E-state index contributed by atoms with van der Waals surface area (Å²) in [6, 6.07) is 13.1. The average molecular weight is 298 g/mol. The molecule has 4 heteroatoms. The van der Waals surface area contributed by atoms with Gasteiger partial charge < -0.3 is 14.6 Å². The second-order valence-corrected chi connectivity index (χ2v) is 6.00. The SMILES string of the molecule is COc1ccc2c(c1)Oc1ccccc1[C@@H]2C(C)(C)C(=O)O. The lowest BCUT2D eigenvalue weighted by atomic mass is 9.70. The molecule has 22 heavy (non-hydrogen) atoms. The number of carboxylic acids is 1. The van der Waals surface area contributed by atoms with Crippen LogP contribution in [0.3, 0.4) is 0 Å². The highest BCUT2D eigenvalue weighted by molar-refractivity contribution is 5.77. The van der Waals surface area contributed by atoms with Crippen LogP contribution in [-0.2, 0) is 4.79 Å². The van der Waals surface area contributed by atoms with Gasteiger partial charge in [-0.2, -0.15) is 0 Å². The van der Waals surface area contributed by atoms with Crippen LogP contribution in [0.2, 0.25) is 0 Å². The minimum Gasteiger partial charge on any atom is -0.497 e. The number of ether oxygens (including phenoxy) is 2. The van der Waals surface area contributed by atoms with E-state index in [0.29, 0.717) is 17.2 Å². The molecule has 2 aromatic rings. The van der Waals surface area contributed by atoms with Crippen LogP contribution >= 0.6 is 0 Å². The third-order valence-electron chi connectivity index (χ3n) is 4.25. The first kappa shape index (κ1) is 14.4. The zero-order chi connectivity index (χ0) is 15.9. The van der Waals surface area contributed by atoms with Gasteiger partial charge in [0.05, 0.1) is 12.5 Å². The second-order valence-electron chi connectivity index (χ2n) is 6.00. The maximum absolute atomic E-state index is 11.8. The maximum atomic E-state index is 11.8. The predicted molar refractivity (Wildman–Crippen MR) is 82.8 cm³/mol. The Morgan fingerprint density at radius 3 is 2.50 bits per heavy atom. The van der Waals surface area contributed by atoms with Crippen molar-refractivity contribution in [2.24, 2.45) is 5.41 Å². The maximum Gasteiger partial charge on any atom is 0.310 e. The van der Waals surface area contributed by atoms with Crippen LogP contribution in [0.15, 0.2) is 42.5 Å². The number of para-hydroxylation sites is 1. The van der Waals surface area contributed by atoms with E-state index in [1.807, 2.05) is 36.4 Å². The van der Waals surface area contributed by atoms with Crippen LogP contribution in [-0.4, -0.2) is 18.2 Å². The molecule has 0 aromatic heterocycles. The number of aliphatic carboxylic acids is 1. The van der Waals surface area contributed by atoms with Gasteiger partial charge >= 0.3 is 5.97 Å². The Hall–Kier alpha value is -2.49. The van der Waals surface area contributed by atoms with Crippen molar-refractivity contribution in [1.29, 1.82) is 0 Å². The quantitative estimate of drug-likeness (QED) is 0.929. The van der Waals surface area contributed by atoms with Crippen molar-refractivity contribution < 1.29 is 19.4 Å². The number of carboxylic acid groups (broad SMARTS) is 1. The molecule has 0 radical (unpaired) electrons. The molecule has 1 atom stereocenters. The second kappa shape index (κ2) is 5.05. The van der Waals surface area contributed by atoms with E-state index in [4.69, 9.17) is 9.47 Å². The number of benzene rings is 2. The van der Waals surface area contributed by atoms with E-state index in [1.165, 1.54) is 0 Å². The zero-order valence-corrected chi connectivity index (χ0v) is 12.8. The third kappa shape index (κ3) is 2.11. The molecule has 3 rings (SSSR count). The molecule has 0 fully saturated rings. The third-order valence-corrected chi connectivity index (χ3v) is 4.25. The highest BCUT2D eigenvalue weighted by Gasteiger charge is 2.43. The number of carbonyl (C=O) groups is 1. The lowest BCUT2D eigenvalue weighted by Crippen LogP contribution is -2.33. The Labute approximate surface area is 129 Å². The van der Waals surface area contributed by atoms with Crippen LogP contribution < -0.4 is 9.47 Å². The molecule has 2 aromatic carbocycles. The number of hydrogen-bond acceptors (Lipinski definition) is 3. The van der Waals surface area contributed by atoms with Gasteiger partial charge in [0.1, 0.15) is 17.2 Å². The summed E-state index contributed by atoms with van der Waals surface area (Å²) >= 11 is 0. The number of hydrogen-bond donors (Lipinski definition) is 1. The fraction of sp³-hybridized carbons (Fsp3) is 0.278. The molecule has 0 aliphatic carbocycles. The Morgan fingerprint density at radius 1 is 1.14 bits per heavy atom. The summed E-state index contributed by atoms with van der Waals surface area (Å²) in [5.74, 6) is 0.914. The number of fused-ring (bicyclic) bond motifs is 2. The van der Waals surface area contributed by atoms with E-state index < -0.39 is 11.4 Å². The van der Waals surface area contributed by atoms with Gasteiger partial charge in [-0.05, 0) is 26.0 Å². The van der Waals surface area contributed by atoms with Crippen molar-refractivity contribution in [3.63, 3.8) is 0 Å². The monoisotopic (exact) mass is 298 g/mol. The van der Waals surface area contributed by atoms with Crippen LogP contribution in [0.25, 0.3) is 0 Å². The van der Waals surface area contributed by atoms with Crippen molar-refractivity contribution in [1.82, 2.24) is 0 Å². The molecule has 0 amide bonds.